The van der Waals surface area contributed by atoms with Crippen molar-refractivity contribution in [2.45, 2.75) is 18.3 Å². The van der Waals surface area contributed by atoms with Crippen LogP contribution in [-0.2, 0) is 5.41 Å². The predicted molar refractivity (Wildman–Crippen MR) is 55.0 cm³/mol. The lowest BCUT2D eigenvalue weighted by atomic mass is 9.90. The number of hydrogen-bond donors (Lipinski definition) is 1. The smallest absolute Gasteiger partial charge is 0.0528 e. The van der Waals surface area contributed by atoms with Crippen LogP contribution in [0.1, 0.15) is 24.0 Å². The molecule has 0 aliphatic heterocycles. The van der Waals surface area contributed by atoms with Crippen LogP contribution in [0, 0.1) is 0 Å². The molecule has 1 heterocycles. The second-order valence-electron chi connectivity index (χ2n) is 3.94. The van der Waals surface area contributed by atoms with Crippen LogP contribution in [0.3, 0.4) is 0 Å². The molecule has 3 rings (SSSR count). The van der Waals surface area contributed by atoms with E-state index in [2.05, 4.69) is 40.5 Å². The molecule has 0 radical (unpaired) electrons. The first-order valence-corrected chi connectivity index (χ1v) is 4.97. The fourth-order valence-corrected chi connectivity index (χ4v) is 2.14. The summed E-state index contributed by atoms with van der Waals surface area (Å²) < 4.78 is 0. The first kappa shape index (κ1) is 7.80. The molecule has 0 unspecified atom stereocenters. The minimum atomic E-state index is 0.272. The first-order valence-electron chi connectivity index (χ1n) is 4.97. The van der Waals surface area contributed by atoms with Gasteiger partial charge in [0.05, 0.1) is 6.20 Å². The number of H-pyrrole nitrogens is 1. The van der Waals surface area contributed by atoms with E-state index in [1.165, 1.54) is 24.0 Å². The normalized spacial score (nSPS) is 18.0. The van der Waals surface area contributed by atoms with Crippen molar-refractivity contribution >= 4 is 0 Å². The third kappa shape index (κ3) is 1.00. The highest BCUT2D eigenvalue weighted by atomic mass is 15.1. The van der Waals surface area contributed by atoms with E-state index in [0.29, 0.717) is 0 Å². The molecule has 70 valence electrons. The van der Waals surface area contributed by atoms with Gasteiger partial charge in [-0.3, -0.25) is 5.10 Å². The molecule has 0 saturated heterocycles. The van der Waals surface area contributed by atoms with Gasteiger partial charge in [0, 0.05) is 17.2 Å². The molecule has 1 aliphatic carbocycles. The van der Waals surface area contributed by atoms with Crippen LogP contribution in [0.25, 0.3) is 0 Å². The second-order valence-corrected chi connectivity index (χ2v) is 3.94. The van der Waals surface area contributed by atoms with E-state index in [0.717, 1.165) is 0 Å². The van der Waals surface area contributed by atoms with Gasteiger partial charge in [0.25, 0.3) is 0 Å². The van der Waals surface area contributed by atoms with Crippen molar-refractivity contribution in [2.24, 2.45) is 0 Å². The number of benzene rings is 1. The van der Waals surface area contributed by atoms with E-state index in [4.69, 9.17) is 0 Å². The van der Waals surface area contributed by atoms with Crippen molar-refractivity contribution in [1.29, 1.82) is 0 Å². The van der Waals surface area contributed by atoms with Gasteiger partial charge in [0.15, 0.2) is 0 Å². The fourth-order valence-electron chi connectivity index (χ4n) is 2.14. The van der Waals surface area contributed by atoms with Gasteiger partial charge in [-0.2, -0.15) is 5.10 Å². The molecule has 1 fully saturated rings. The van der Waals surface area contributed by atoms with Crippen LogP contribution in [0.2, 0.25) is 0 Å². The Kier molecular flexibility index (Phi) is 1.51. The molecule has 14 heavy (non-hydrogen) atoms. The van der Waals surface area contributed by atoms with Gasteiger partial charge in [-0.05, 0) is 18.4 Å². The van der Waals surface area contributed by atoms with Gasteiger partial charge in [-0.15, -0.1) is 0 Å². The minimum Gasteiger partial charge on any atom is -0.285 e. The summed E-state index contributed by atoms with van der Waals surface area (Å²) in [6.07, 6.45) is 6.45. The third-order valence-corrected chi connectivity index (χ3v) is 3.13. The Morgan fingerprint density at radius 1 is 1.07 bits per heavy atom. The fraction of sp³-hybridized carbons (Fsp3) is 0.250. The summed E-state index contributed by atoms with van der Waals surface area (Å²) in [5.74, 6) is 0. The quantitative estimate of drug-likeness (QED) is 0.763. The van der Waals surface area contributed by atoms with Crippen molar-refractivity contribution in [1.82, 2.24) is 10.2 Å². The van der Waals surface area contributed by atoms with Crippen LogP contribution in [0.5, 0.6) is 0 Å². The summed E-state index contributed by atoms with van der Waals surface area (Å²) in [5.41, 5.74) is 3.01. The van der Waals surface area contributed by atoms with Crippen molar-refractivity contribution in [3.05, 3.63) is 53.9 Å². The van der Waals surface area contributed by atoms with E-state index in [1.807, 2.05) is 12.4 Å². The van der Waals surface area contributed by atoms with Crippen molar-refractivity contribution in [2.75, 3.05) is 0 Å². The predicted octanol–water partition coefficient (Wildman–Crippen LogP) is 2.49. The number of nitrogens with zero attached hydrogens (tertiary/aromatic N) is 1. The molecule has 0 bridgehead atoms. The summed E-state index contributed by atoms with van der Waals surface area (Å²) in [4.78, 5) is 0. The van der Waals surface area contributed by atoms with E-state index >= 15 is 0 Å². The Hall–Kier alpha value is -1.57. The molecular weight excluding hydrogens is 172 g/mol. The summed E-state index contributed by atoms with van der Waals surface area (Å²) in [6, 6.07) is 10.7. The largest absolute Gasteiger partial charge is 0.285 e. The zero-order chi connectivity index (χ0) is 9.43. The van der Waals surface area contributed by atoms with E-state index in [1.54, 1.807) is 0 Å². The molecule has 2 nitrogen and oxygen atoms in total. The molecular formula is C12H12N2. The Morgan fingerprint density at radius 3 is 2.43 bits per heavy atom. The minimum absolute atomic E-state index is 0.272. The maximum atomic E-state index is 4.03. The van der Waals surface area contributed by atoms with Gasteiger partial charge < -0.3 is 0 Å². The molecule has 1 aliphatic rings. The van der Waals surface area contributed by atoms with Crippen LogP contribution in [0.4, 0.5) is 0 Å². The Bertz CT molecular complexity index is 413. The molecule has 1 aromatic heterocycles. The summed E-state index contributed by atoms with van der Waals surface area (Å²) >= 11 is 0. The van der Waals surface area contributed by atoms with Crippen LogP contribution in [-0.4, -0.2) is 10.2 Å². The van der Waals surface area contributed by atoms with Gasteiger partial charge >= 0.3 is 0 Å². The molecule has 2 heteroatoms. The van der Waals surface area contributed by atoms with Gasteiger partial charge in [0.2, 0.25) is 0 Å². The number of aromatic amines is 1. The SMILES string of the molecule is c1ccc(C2(c3cn[nH]c3)CC2)cc1. The molecule has 1 saturated carbocycles. The summed E-state index contributed by atoms with van der Waals surface area (Å²) in [6.45, 7) is 0. The molecule has 0 spiro atoms. The van der Waals surface area contributed by atoms with Crippen molar-refractivity contribution in [3.8, 4) is 0 Å². The maximum Gasteiger partial charge on any atom is 0.0528 e. The zero-order valence-corrected chi connectivity index (χ0v) is 7.90. The van der Waals surface area contributed by atoms with Gasteiger partial charge in [0.1, 0.15) is 0 Å². The van der Waals surface area contributed by atoms with Crippen LogP contribution >= 0.6 is 0 Å². The Balaban J connectivity index is 2.07. The van der Waals surface area contributed by atoms with E-state index in [9.17, 15) is 0 Å². The molecule has 0 amide bonds. The molecule has 2 aromatic rings. The summed E-state index contributed by atoms with van der Waals surface area (Å²) in [5, 5.41) is 6.92. The zero-order valence-electron chi connectivity index (χ0n) is 7.90. The lowest BCUT2D eigenvalue weighted by Gasteiger charge is -2.12. The highest BCUT2D eigenvalue weighted by Gasteiger charge is 2.46. The van der Waals surface area contributed by atoms with Crippen molar-refractivity contribution < 1.29 is 0 Å². The molecule has 1 aromatic carbocycles. The second kappa shape index (κ2) is 2.71. The van der Waals surface area contributed by atoms with Crippen LogP contribution < -0.4 is 0 Å². The lowest BCUT2D eigenvalue weighted by Crippen LogP contribution is -2.06. The number of rotatable bonds is 2. The average Bonchev–Trinajstić information content (AvgIpc) is 2.88. The van der Waals surface area contributed by atoms with E-state index in [-0.39, 0.29) is 5.41 Å². The van der Waals surface area contributed by atoms with Gasteiger partial charge in [-0.1, -0.05) is 30.3 Å². The Labute approximate surface area is 83.0 Å². The van der Waals surface area contributed by atoms with Crippen molar-refractivity contribution in [3.63, 3.8) is 0 Å². The number of aromatic nitrogens is 2. The monoisotopic (exact) mass is 184 g/mol. The topological polar surface area (TPSA) is 28.7 Å². The average molecular weight is 184 g/mol. The summed E-state index contributed by atoms with van der Waals surface area (Å²) in [7, 11) is 0. The van der Waals surface area contributed by atoms with E-state index < -0.39 is 0 Å². The van der Waals surface area contributed by atoms with Gasteiger partial charge in [-0.25, -0.2) is 0 Å². The molecule has 1 N–H and O–H groups in total. The van der Waals surface area contributed by atoms with Crippen LogP contribution in [0.15, 0.2) is 42.7 Å². The maximum absolute atomic E-state index is 4.03. The molecule has 0 atom stereocenters. The lowest BCUT2D eigenvalue weighted by molar-refractivity contribution is 0.848. The highest BCUT2D eigenvalue weighted by molar-refractivity contribution is 5.42. The number of nitrogens with one attached hydrogen (secondary N) is 1. The standard InChI is InChI=1S/C12H12N2/c1-2-4-10(5-3-1)12(6-7-12)11-8-13-14-9-11/h1-5,8-9H,6-7H2,(H,13,14). The highest BCUT2D eigenvalue weighted by Crippen LogP contribution is 2.52. The third-order valence-electron chi connectivity index (χ3n) is 3.13. The number of hydrogen-bond acceptors (Lipinski definition) is 1. The Morgan fingerprint density at radius 2 is 1.86 bits per heavy atom. The first-order chi connectivity index (χ1) is 6.92.